The van der Waals surface area contributed by atoms with Crippen molar-refractivity contribution < 1.29 is 4.79 Å². The van der Waals surface area contributed by atoms with Crippen LogP contribution in [0.25, 0.3) is 0 Å². The van der Waals surface area contributed by atoms with Crippen molar-refractivity contribution in [3.05, 3.63) is 33.8 Å². The van der Waals surface area contributed by atoms with Gasteiger partial charge in [0.2, 0.25) is 0 Å². The topological polar surface area (TPSA) is 29.1 Å². The normalized spacial score (nSPS) is 18.1. The average Bonchev–Trinajstić information content (AvgIpc) is 2.42. The van der Waals surface area contributed by atoms with Crippen molar-refractivity contribution in [2.75, 3.05) is 0 Å². The molecule has 1 aromatic rings. The fourth-order valence-electron chi connectivity index (χ4n) is 2.89. The summed E-state index contributed by atoms with van der Waals surface area (Å²) in [7, 11) is 0. The minimum absolute atomic E-state index is 0.0527. The van der Waals surface area contributed by atoms with Gasteiger partial charge in [-0.3, -0.25) is 4.79 Å². The lowest BCUT2D eigenvalue weighted by molar-refractivity contribution is 0.0918. The smallest absolute Gasteiger partial charge is 0.251 e. The molecule has 1 saturated carbocycles. The van der Waals surface area contributed by atoms with Gasteiger partial charge >= 0.3 is 0 Å². The Morgan fingerprint density at radius 2 is 2.00 bits per heavy atom. The Bertz CT molecular complexity index is 452. The lowest BCUT2D eigenvalue weighted by atomic mass is 9.84. The van der Waals surface area contributed by atoms with Gasteiger partial charge in [0.15, 0.2) is 0 Å². The molecule has 1 N–H and O–H groups in total. The van der Waals surface area contributed by atoms with Crippen LogP contribution >= 0.6 is 15.9 Å². The second kappa shape index (κ2) is 6.56. The number of nitrogens with one attached hydrogen (secondary N) is 1. The molecule has 1 amide bonds. The van der Waals surface area contributed by atoms with Crippen LogP contribution in [0, 0.1) is 12.8 Å². The van der Waals surface area contributed by atoms with Gasteiger partial charge in [-0.25, -0.2) is 0 Å². The number of carbonyl (C=O) groups is 1. The number of amides is 1. The molecular weight excluding hydrogens is 302 g/mol. The first-order valence-electron chi connectivity index (χ1n) is 7.15. The molecule has 19 heavy (non-hydrogen) atoms. The van der Waals surface area contributed by atoms with E-state index in [9.17, 15) is 4.79 Å². The zero-order valence-corrected chi connectivity index (χ0v) is 13.3. The summed E-state index contributed by atoms with van der Waals surface area (Å²) in [4.78, 5) is 12.3. The quantitative estimate of drug-likeness (QED) is 0.874. The molecule has 1 aliphatic rings. The Hall–Kier alpha value is -0.830. The highest BCUT2D eigenvalue weighted by Gasteiger charge is 2.22. The van der Waals surface area contributed by atoms with E-state index in [1.807, 2.05) is 25.1 Å². The van der Waals surface area contributed by atoms with Crippen LogP contribution in [0.15, 0.2) is 22.7 Å². The van der Waals surface area contributed by atoms with Crippen LogP contribution in [-0.2, 0) is 0 Å². The van der Waals surface area contributed by atoms with Crippen molar-refractivity contribution in [3.63, 3.8) is 0 Å². The van der Waals surface area contributed by atoms with Crippen molar-refractivity contribution in [1.82, 2.24) is 5.32 Å². The van der Waals surface area contributed by atoms with Crippen LogP contribution in [0.1, 0.15) is 54.9 Å². The molecule has 1 unspecified atom stereocenters. The fraction of sp³-hybridized carbons (Fsp3) is 0.562. The number of rotatable bonds is 3. The number of hydrogen-bond donors (Lipinski definition) is 1. The second-order valence-corrected chi connectivity index (χ2v) is 6.43. The Labute approximate surface area is 124 Å². The summed E-state index contributed by atoms with van der Waals surface area (Å²) in [6.07, 6.45) is 6.46. The molecule has 3 heteroatoms. The van der Waals surface area contributed by atoms with E-state index in [0.717, 1.165) is 15.6 Å². The predicted molar refractivity (Wildman–Crippen MR) is 82.4 cm³/mol. The first-order chi connectivity index (χ1) is 9.09. The third-order valence-electron chi connectivity index (χ3n) is 4.23. The molecule has 0 spiro atoms. The van der Waals surface area contributed by atoms with Crippen molar-refractivity contribution in [3.8, 4) is 0 Å². The van der Waals surface area contributed by atoms with Crippen LogP contribution < -0.4 is 5.32 Å². The number of benzene rings is 1. The molecule has 2 rings (SSSR count). The Morgan fingerprint density at radius 3 is 2.68 bits per heavy atom. The number of hydrogen-bond acceptors (Lipinski definition) is 1. The van der Waals surface area contributed by atoms with Crippen LogP contribution in [0.2, 0.25) is 0 Å². The molecule has 0 aromatic heterocycles. The first-order valence-corrected chi connectivity index (χ1v) is 7.95. The van der Waals surface area contributed by atoms with Crippen molar-refractivity contribution >= 4 is 21.8 Å². The maximum absolute atomic E-state index is 12.3. The van der Waals surface area contributed by atoms with Crippen molar-refractivity contribution in [2.24, 2.45) is 5.92 Å². The molecule has 1 aromatic carbocycles. The summed E-state index contributed by atoms with van der Waals surface area (Å²) >= 11 is 3.48. The lowest BCUT2D eigenvalue weighted by Gasteiger charge is -2.28. The third-order valence-corrected chi connectivity index (χ3v) is 5.09. The number of halogens is 1. The summed E-state index contributed by atoms with van der Waals surface area (Å²) in [5.41, 5.74) is 1.79. The van der Waals surface area contributed by atoms with Gasteiger partial charge in [-0.1, -0.05) is 41.3 Å². The van der Waals surface area contributed by atoms with Crippen LogP contribution in [0.3, 0.4) is 0 Å². The summed E-state index contributed by atoms with van der Waals surface area (Å²) < 4.78 is 0.991. The third kappa shape index (κ3) is 3.59. The van der Waals surface area contributed by atoms with E-state index in [4.69, 9.17) is 0 Å². The summed E-state index contributed by atoms with van der Waals surface area (Å²) in [6, 6.07) is 6.04. The van der Waals surface area contributed by atoms with Gasteiger partial charge in [0.05, 0.1) is 0 Å². The molecule has 0 bridgehead atoms. The minimum atomic E-state index is 0.0527. The standard InChI is InChI=1S/C16H22BrNO/c1-11-14(9-6-10-15(11)17)16(19)18-12(2)13-7-4-3-5-8-13/h6,9-10,12-13H,3-5,7-8H2,1-2H3,(H,18,19). The highest BCUT2D eigenvalue weighted by Crippen LogP contribution is 2.27. The Morgan fingerprint density at radius 1 is 1.32 bits per heavy atom. The largest absolute Gasteiger partial charge is 0.349 e. The lowest BCUT2D eigenvalue weighted by Crippen LogP contribution is -2.39. The SMILES string of the molecule is Cc1c(Br)cccc1C(=O)NC(C)C1CCCCC1. The van der Waals surface area contributed by atoms with Crippen LogP contribution in [0.5, 0.6) is 0 Å². The van der Waals surface area contributed by atoms with E-state index < -0.39 is 0 Å². The van der Waals surface area contributed by atoms with Gasteiger partial charge in [-0.05, 0) is 50.3 Å². The van der Waals surface area contributed by atoms with Crippen molar-refractivity contribution in [1.29, 1.82) is 0 Å². The van der Waals surface area contributed by atoms with E-state index in [1.54, 1.807) is 0 Å². The molecule has 1 aliphatic carbocycles. The first kappa shape index (κ1) is 14.6. The second-order valence-electron chi connectivity index (χ2n) is 5.57. The Balaban J connectivity index is 2.02. The molecule has 0 radical (unpaired) electrons. The van der Waals surface area contributed by atoms with Gasteiger partial charge in [0, 0.05) is 16.1 Å². The maximum atomic E-state index is 12.3. The monoisotopic (exact) mass is 323 g/mol. The van der Waals surface area contributed by atoms with E-state index in [-0.39, 0.29) is 11.9 Å². The van der Waals surface area contributed by atoms with Gasteiger partial charge < -0.3 is 5.32 Å². The molecule has 104 valence electrons. The zero-order chi connectivity index (χ0) is 13.8. The minimum Gasteiger partial charge on any atom is -0.349 e. The molecule has 1 fully saturated rings. The van der Waals surface area contributed by atoms with E-state index in [1.165, 1.54) is 32.1 Å². The fourth-order valence-corrected chi connectivity index (χ4v) is 3.26. The maximum Gasteiger partial charge on any atom is 0.251 e. The Kier molecular flexibility index (Phi) is 5.03. The summed E-state index contributed by atoms with van der Waals surface area (Å²) in [6.45, 7) is 4.12. The molecule has 2 nitrogen and oxygen atoms in total. The van der Waals surface area contributed by atoms with Gasteiger partial charge in [-0.2, -0.15) is 0 Å². The highest BCUT2D eigenvalue weighted by molar-refractivity contribution is 9.10. The predicted octanol–water partition coefficient (Wildman–Crippen LogP) is 4.46. The molecular formula is C16H22BrNO. The number of carbonyl (C=O) groups excluding carboxylic acids is 1. The zero-order valence-electron chi connectivity index (χ0n) is 11.7. The van der Waals surface area contributed by atoms with Crippen molar-refractivity contribution in [2.45, 2.75) is 52.0 Å². The van der Waals surface area contributed by atoms with E-state index in [0.29, 0.717) is 5.92 Å². The molecule has 0 aliphatic heterocycles. The van der Waals surface area contributed by atoms with E-state index >= 15 is 0 Å². The molecule has 0 heterocycles. The van der Waals surface area contributed by atoms with Gasteiger partial charge in [0.1, 0.15) is 0 Å². The van der Waals surface area contributed by atoms with E-state index in [2.05, 4.69) is 28.2 Å². The summed E-state index contributed by atoms with van der Waals surface area (Å²) in [5.74, 6) is 0.696. The molecule has 0 saturated heterocycles. The van der Waals surface area contributed by atoms with Gasteiger partial charge in [0.25, 0.3) is 5.91 Å². The van der Waals surface area contributed by atoms with Crippen LogP contribution in [0.4, 0.5) is 0 Å². The van der Waals surface area contributed by atoms with Crippen LogP contribution in [-0.4, -0.2) is 11.9 Å². The van der Waals surface area contributed by atoms with Gasteiger partial charge in [-0.15, -0.1) is 0 Å². The highest BCUT2D eigenvalue weighted by atomic mass is 79.9. The molecule has 1 atom stereocenters. The summed E-state index contributed by atoms with van der Waals surface area (Å²) in [5, 5.41) is 3.17. The average molecular weight is 324 g/mol.